The smallest absolute Gasteiger partial charge is 0.125 e. The number of benzene rings is 1. The second-order valence-corrected chi connectivity index (χ2v) is 3.53. The lowest BCUT2D eigenvalue weighted by Gasteiger charge is -2.06. The minimum absolute atomic E-state index is 0.318. The lowest BCUT2D eigenvalue weighted by Crippen LogP contribution is -2.01. The van der Waals surface area contributed by atoms with Crippen molar-refractivity contribution in [3.05, 3.63) is 48.0 Å². The summed E-state index contributed by atoms with van der Waals surface area (Å²) in [4.78, 5) is 7.13. The van der Waals surface area contributed by atoms with Gasteiger partial charge in [-0.2, -0.15) is 0 Å². The van der Waals surface area contributed by atoms with E-state index in [1.54, 1.807) is 12.4 Å². The molecule has 0 radical (unpaired) electrons. The second-order valence-electron chi connectivity index (χ2n) is 3.53. The Morgan fingerprint density at radius 1 is 1.38 bits per heavy atom. The van der Waals surface area contributed by atoms with Crippen molar-refractivity contribution >= 4 is 5.69 Å². The van der Waals surface area contributed by atoms with Gasteiger partial charge in [-0.1, -0.05) is 12.1 Å². The maximum absolute atomic E-state index is 12.2. The number of anilines is 1. The van der Waals surface area contributed by atoms with Gasteiger partial charge >= 0.3 is 0 Å². The maximum Gasteiger partial charge on any atom is 0.125 e. The number of aromatic amines is 1. The number of imidazole rings is 1. The van der Waals surface area contributed by atoms with E-state index in [1.165, 1.54) is 0 Å². The molecule has 0 aliphatic heterocycles. The molecule has 2 aromatic rings. The highest BCUT2D eigenvalue weighted by atomic mass is 19.1. The first-order chi connectivity index (χ1) is 7.88. The number of aryl methyl sites for hydroxylation is 1. The highest BCUT2D eigenvalue weighted by Crippen LogP contribution is 2.12. The molecule has 2 N–H and O–H groups in total. The summed E-state index contributed by atoms with van der Waals surface area (Å²) in [5.74, 6) is 0.885. The van der Waals surface area contributed by atoms with E-state index in [-0.39, 0.29) is 6.67 Å². The van der Waals surface area contributed by atoms with Crippen molar-refractivity contribution in [3.63, 3.8) is 0 Å². The summed E-state index contributed by atoms with van der Waals surface area (Å²) in [6, 6.07) is 7.78. The van der Waals surface area contributed by atoms with Crippen LogP contribution in [0, 0.1) is 0 Å². The van der Waals surface area contributed by atoms with Gasteiger partial charge in [-0.3, -0.25) is 4.39 Å². The van der Waals surface area contributed by atoms with Crippen molar-refractivity contribution in [2.24, 2.45) is 0 Å². The molecule has 1 aromatic heterocycles. The standard InChI is InChI=1S/C12H14FN3/c13-5-4-10-2-1-3-11(8-10)16-9-12-14-6-7-15-12/h1-3,6-8,16H,4-5,9H2,(H,14,15). The predicted molar refractivity (Wildman–Crippen MR) is 62.0 cm³/mol. The van der Waals surface area contributed by atoms with Crippen LogP contribution in [0.3, 0.4) is 0 Å². The fourth-order valence-electron chi connectivity index (χ4n) is 1.53. The van der Waals surface area contributed by atoms with E-state index < -0.39 is 0 Å². The Morgan fingerprint density at radius 3 is 3.06 bits per heavy atom. The molecule has 0 atom stereocenters. The lowest BCUT2D eigenvalue weighted by molar-refractivity contribution is 0.495. The van der Waals surface area contributed by atoms with Crippen LogP contribution in [0.25, 0.3) is 0 Å². The molecule has 0 fully saturated rings. The van der Waals surface area contributed by atoms with Crippen LogP contribution in [0.5, 0.6) is 0 Å². The van der Waals surface area contributed by atoms with Crippen LogP contribution in [0.15, 0.2) is 36.7 Å². The third-order valence-corrected chi connectivity index (χ3v) is 2.32. The molecular formula is C12H14FN3. The number of alkyl halides is 1. The molecule has 3 nitrogen and oxygen atoms in total. The summed E-state index contributed by atoms with van der Waals surface area (Å²) in [5.41, 5.74) is 1.99. The predicted octanol–water partition coefficient (Wildman–Crippen LogP) is 2.53. The number of nitrogens with one attached hydrogen (secondary N) is 2. The van der Waals surface area contributed by atoms with Gasteiger partial charge in [0.25, 0.3) is 0 Å². The largest absolute Gasteiger partial charge is 0.378 e. The van der Waals surface area contributed by atoms with Crippen LogP contribution in [0.4, 0.5) is 10.1 Å². The van der Waals surface area contributed by atoms with Gasteiger partial charge in [-0.25, -0.2) is 4.98 Å². The van der Waals surface area contributed by atoms with Crippen molar-refractivity contribution in [3.8, 4) is 0 Å². The first-order valence-corrected chi connectivity index (χ1v) is 5.25. The fraction of sp³-hybridized carbons (Fsp3) is 0.250. The molecule has 0 aliphatic carbocycles. The van der Waals surface area contributed by atoms with Crippen LogP contribution in [-0.4, -0.2) is 16.6 Å². The zero-order valence-corrected chi connectivity index (χ0v) is 8.91. The van der Waals surface area contributed by atoms with Gasteiger partial charge in [0, 0.05) is 24.5 Å². The summed E-state index contributed by atoms with van der Waals surface area (Å²) in [6.45, 7) is 0.327. The SMILES string of the molecule is FCCc1cccc(NCc2ncc[nH]2)c1. The summed E-state index contributed by atoms with van der Waals surface area (Å²) in [5, 5.41) is 3.23. The molecule has 0 spiro atoms. The van der Waals surface area contributed by atoms with Crippen LogP contribution >= 0.6 is 0 Å². The molecule has 0 amide bonds. The van der Waals surface area contributed by atoms with Crippen molar-refractivity contribution < 1.29 is 4.39 Å². The number of nitrogens with zero attached hydrogens (tertiary/aromatic N) is 1. The monoisotopic (exact) mass is 219 g/mol. The molecule has 16 heavy (non-hydrogen) atoms. The lowest BCUT2D eigenvalue weighted by atomic mass is 10.1. The quantitative estimate of drug-likeness (QED) is 0.811. The van der Waals surface area contributed by atoms with Gasteiger partial charge in [-0.15, -0.1) is 0 Å². The van der Waals surface area contributed by atoms with Crippen LogP contribution in [0.1, 0.15) is 11.4 Å². The zero-order chi connectivity index (χ0) is 11.2. The van der Waals surface area contributed by atoms with Gasteiger partial charge in [0.2, 0.25) is 0 Å². The van der Waals surface area contributed by atoms with Crippen LogP contribution in [-0.2, 0) is 13.0 Å². The average molecular weight is 219 g/mol. The zero-order valence-electron chi connectivity index (χ0n) is 8.91. The van der Waals surface area contributed by atoms with Crippen LogP contribution < -0.4 is 5.32 Å². The summed E-state index contributed by atoms with van der Waals surface area (Å²) >= 11 is 0. The Bertz CT molecular complexity index is 426. The summed E-state index contributed by atoms with van der Waals surface area (Å²) < 4.78 is 12.2. The number of aromatic nitrogens is 2. The number of hydrogen-bond acceptors (Lipinski definition) is 2. The third kappa shape index (κ3) is 2.82. The first-order valence-electron chi connectivity index (χ1n) is 5.25. The Morgan fingerprint density at radius 2 is 2.31 bits per heavy atom. The number of H-pyrrole nitrogens is 1. The van der Waals surface area contributed by atoms with Gasteiger partial charge in [-0.05, 0) is 17.7 Å². The fourth-order valence-corrected chi connectivity index (χ4v) is 1.53. The molecular weight excluding hydrogens is 205 g/mol. The molecule has 0 unspecified atom stereocenters. The first kappa shape index (κ1) is 10.7. The summed E-state index contributed by atoms with van der Waals surface area (Å²) in [6.07, 6.45) is 3.98. The van der Waals surface area contributed by atoms with Crippen molar-refractivity contribution in [1.82, 2.24) is 9.97 Å². The van der Waals surface area contributed by atoms with E-state index in [2.05, 4.69) is 15.3 Å². The molecule has 0 aliphatic rings. The molecule has 0 bridgehead atoms. The van der Waals surface area contributed by atoms with Crippen LogP contribution in [0.2, 0.25) is 0 Å². The molecule has 84 valence electrons. The van der Waals surface area contributed by atoms with E-state index >= 15 is 0 Å². The van der Waals surface area contributed by atoms with E-state index in [0.717, 1.165) is 17.1 Å². The minimum Gasteiger partial charge on any atom is -0.378 e. The third-order valence-electron chi connectivity index (χ3n) is 2.32. The van der Waals surface area contributed by atoms with E-state index in [9.17, 15) is 4.39 Å². The van der Waals surface area contributed by atoms with Crippen molar-refractivity contribution in [2.75, 3.05) is 12.0 Å². The topological polar surface area (TPSA) is 40.7 Å². The Labute approximate surface area is 93.7 Å². The highest BCUT2D eigenvalue weighted by Gasteiger charge is 1.97. The number of hydrogen-bond donors (Lipinski definition) is 2. The van der Waals surface area contributed by atoms with E-state index in [1.807, 2.05) is 24.3 Å². The van der Waals surface area contributed by atoms with E-state index in [4.69, 9.17) is 0 Å². The number of rotatable bonds is 5. The van der Waals surface area contributed by atoms with Crippen molar-refractivity contribution in [1.29, 1.82) is 0 Å². The molecule has 1 aromatic carbocycles. The summed E-state index contributed by atoms with van der Waals surface area (Å²) in [7, 11) is 0. The number of halogens is 1. The molecule has 1 heterocycles. The van der Waals surface area contributed by atoms with Crippen molar-refractivity contribution in [2.45, 2.75) is 13.0 Å². The van der Waals surface area contributed by atoms with E-state index in [0.29, 0.717) is 13.0 Å². The minimum atomic E-state index is -0.318. The Hall–Kier alpha value is -1.84. The molecule has 2 rings (SSSR count). The van der Waals surface area contributed by atoms with Gasteiger partial charge < -0.3 is 10.3 Å². The highest BCUT2D eigenvalue weighted by molar-refractivity contribution is 5.45. The Kier molecular flexibility index (Phi) is 3.53. The normalized spacial score (nSPS) is 10.3. The molecule has 0 saturated heterocycles. The Balaban J connectivity index is 1.96. The molecule has 4 heteroatoms. The van der Waals surface area contributed by atoms with Gasteiger partial charge in [0.1, 0.15) is 5.82 Å². The molecule has 0 saturated carbocycles. The van der Waals surface area contributed by atoms with Gasteiger partial charge in [0.15, 0.2) is 0 Å². The second kappa shape index (κ2) is 5.30. The maximum atomic E-state index is 12.2. The average Bonchev–Trinajstić information content (AvgIpc) is 2.80. The van der Waals surface area contributed by atoms with Gasteiger partial charge in [0.05, 0.1) is 13.2 Å².